The van der Waals surface area contributed by atoms with Gasteiger partial charge in [0.15, 0.2) is 0 Å². The molecular weight excluding hydrogens is 276 g/mol. The van der Waals surface area contributed by atoms with Crippen LogP contribution >= 0.6 is 15.9 Å². The highest BCUT2D eigenvalue weighted by atomic mass is 79.9. The molecule has 0 spiro atoms. The van der Waals surface area contributed by atoms with E-state index in [1.54, 1.807) is 0 Å². The molecule has 0 aromatic rings. The average Bonchev–Trinajstić information content (AvgIpc) is 2.17. The van der Waals surface area contributed by atoms with Crippen molar-refractivity contribution in [3.8, 4) is 0 Å². The van der Waals surface area contributed by atoms with Crippen molar-refractivity contribution in [1.82, 2.24) is 0 Å². The van der Waals surface area contributed by atoms with E-state index in [1.165, 1.54) is 12.0 Å². The summed E-state index contributed by atoms with van der Waals surface area (Å²) in [6.07, 6.45) is 5.89. The summed E-state index contributed by atoms with van der Waals surface area (Å²) >= 11 is 3.46. The van der Waals surface area contributed by atoms with E-state index < -0.39 is 0 Å². The minimum absolute atomic E-state index is 0.339. The fourth-order valence-electron chi connectivity index (χ4n) is 2.33. The fourth-order valence-corrected chi connectivity index (χ4v) is 2.78. The number of rotatable bonds is 3. The highest BCUT2D eigenvalue weighted by molar-refractivity contribution is 9.11. The molecule has 17 heavy (non-hydrogen) atoms. The highest BCUT2D eigenvalue weighted by Gasteiger charge is 2.26. The van der Waals surface area contributed by atoms with Crippen LogP contribution in [0.5, 0.6) is 0 Å². The fraction of sp³-hybridized carbons (Fsp3) is 0.733. The predicted octanol–water partition coefficient (Wildman–Crippen LogP) is 4.66. The maximum absolute atomic E-state index is 9.69. The molecule has 1 rings (SSSR count). The van der Waals surface area contributed by atoms with Gasteiger partial charge in [0.25, 0.3) is 0 Å². The number of allylic oxidation sites excluding steroid dienone is 2. The summed E-state index contributed by atoms with van der Waals surface area (Å²) in [6.45, 7) is 11.4. The maximum atomic E-state index is 9.69. The summed E-state index contributed by atoms with van der Waals surface area (Å²) in [5, 5.41) is 9.69. The lowest BCUT2D eigenvalue weighted by Gasteiger charge is -2.31. The Morgan fingerprint density at radius 2 is 2.00 bits per heavy atom. The van der Waals surface area contributed by atoms with Gasteiger partial charge in [0.2, 0.25) is 0 Å². The first kappa shape index (κ1) is 15.0. The number of hydrogen-bond acceptors (Lipinski definition) is 1. The van der Waals surface area contributed by atoms with Crippen molar-refractivity contribution in [2.75, 3.05) is 0 Å². The molecule has 0 radical (unpaired) electrons. The van der Waals surface area contributed by atoms with Crippen molar-refractivity contribution >= 4 is 15.9 Å². The Morgan fingerprint density at radius 1 is 1.41 bits per heavy atom. The van der Waals surface area contributed by atoms with Gasteiger partial charge in [0.1, 0.15) is 0 Å². The first-order chi connectivity index (χ1) is 7.70. The molecule has 98 valence electrons. The van der Waals surface area contributed by atoms with Crippen molar-refractivity contribution < 1.29 is 5.11 Å². The van der Waals surface area contributed by atoms with Gasteiger partial charge in [-0.05, 0) is 41.7 Å². The Hall–Kier alpha value is -0.0800. The molecule has 0 aromatic carbocycles. The minimum Gasteiger partial charge on any atom is -0.388 e. The molecule has 0 amide bonds. The minimum atomic E-state index is -0.346. The van der Waals surface area contributed by atoms with Gasteiger partial charge in [-0.2, -0.15) is 0 Å². The first-order valence-corrected chi connectivity index (χ1v) is 7.25. The van der Waals surface area contributed by atoms with Crippen molar-refractivity contribution in [1.29, 1.82) is 0 Å². The van der Waals surface area contributed by atoms with Crippen molar-refractivity contribution in [3.05, 3.63) is 22.2 Å². The van der Waals surface area contributed by atoms with Crippen LogP contribution in [-0.4, -0.2) is 11.2 Å². The topological polar surface area (TPSA) is 20.2 Å². The molecular formula is C15H25BrO. The molecule has 1 nitrogen and oxygen atoms in total. The summed E-state index contributed by atoms with van der Waals surface area (Å²) in [5.74, 6) is 1.21. The van der Waals surface area contributed by atoms with Gasteiger partial charge in [-0.25, -0.2) is 0 Å². The maximum Gasteiger partial charge on any atom is 0.0889 e. The standard InChI is InChI=1S/C15H25BrO/c1-10(2)12(9-15(3,4)5)11-6-7-14(17)13(16)8-11/h6,8,10,12,14,17H,7,9H2,1-5H3. The van der Waals surface area contributed by atoms with Gasteiger partial charge in [-0.3, -0.25) is 0 Å². The SMILES string of the molecule is CC(C)C(CC(C)(C)C)C1=CCC(O)C(Br)=C1. The quantitative estimate of drug-likeness (QED) is 0.803. The van der Waals surface area contributed by atoms with Crippen LogP contribution in [0.25, 0.3) is 0 Å². The normalized spacial score (nSPS) is 23.4. The summed E-state index contributed by atoms with van der Waals surface area (Å²) in [5.41, 5.74) is 1.72. The molecule has 0 saturated carbocycles. The zero-order chi connectivity index (χ0) is 13.2. The smallest absolute Gasteiger partial charge is 0.0889 e. The van der Waals surface area contributed by atoms with E-state index in [1.807, 2.05) is 0 Å². The van der Waals surface area contributed by atoms with E-state index in [0.29, 0.717) is 17.3 Å². The van der Waals surface area contributed by atoms with Gasteiger partial charge in [-0.15, -0.1) is 0 Å². The van der Waals surface area contributed by atoms with E-state index in [4.69, 9.17) is 0 Å². The van der Waals surface area contributed by atoms with Crippen LogP contribution in [-0.2, 0) is 0 Å². The molecule has 1 aliphatic carbocycles. The number of hydrogen-bond donors (Lipinski definition) is 1. The molecule has 2 unspecified atom stereocenters. The van der Waals surface area contributed by atoms with E-state index in [-0.39, 0.29) is 6.10 Å². The van der Waals surface area contributed by atoms with Crippen LogP contribution in [0, 0.1) is 17.3 Å². The molecule has 1 N–H and O–H groups in total. The lowest BCUT2D eigenvalue weighted by atomic mass is 9.75. The Labute approximate surface area is 114 Å². The first-order valence-electron chi connectivity index (χ1n) is 6.46. The van der Waals surface area contributed by atoms with Crippen LogP contribution in [0.1, 0.15) is 47.5 Å². The van der Waals surface area contributed by atoms with Crippen LogP contribution in [0.2, 0.25) is 0 Å². The van der Waals surface area contributed by atoms with Crippen LogP contribution in [0.4, 0.5) is 0 Å². The predicted molar refractivity (Wildman–Crippen MR) is 78.1 cm³/mol. The summed E-state index contributed by atoms with van der Waals surface area (Å²) in [4.78, 5) is 0. The molecule has 0 bridgehead atoms. The zero-order valence-electron chi connectivity index (χ0n) is 11.6. The van der Waals surface area contributed by atoms with Gasteiger partial charge in [0.05, 0.1) is 6.10 Å². The second kappa shape index (κ2) is 5.71. The number of aliphatic hydroxyl groups excluding tert-OH is 1. The van der Waals surface area contributed by atoms with Crippen LogP contribution in [0.15, 0.2) is 22.2 Å². The number of halogens is 1. The van der Waals surface area contributed by atoms with Crippen molar-refractivity contribution in [2.24, 2.45) is 17.3 Å². The van der Waals surface area contributed by atoms with Gasteiger partial charge < -0.3 is 5.11 Å². The Morgan fingerprint density at radius 3 is 2.41 bits per heavy atom. The molecule has 1 aliphatic rings. The van der Waals surface area contributed by atoms with E-state index in [9.17, 15) is 5.11 Å². The highest BCUT2D eigenvalue weighted by Crippen LogP contribution is 2.37. The molecule has 0 aromatic heterocycles. The van der Waals surface area contributed by atoms with Crippen molar-refractivity contribution in [3.63, 3.8) is 0 Å². The number of aliphatic hydroxyl groups is 1. The average molecular weight is 301 g/mol. The van der Waals surface area contributed by atoms with E-state index >= 15 is 0 Å². The third kappa shape index (κ3) is 4.59. The second-order valence-electron chi connectivity index (χ2n) is 6.60. The summed E-state index contributed by atoms with van der Waals surface area (Å²) < 4.78 is 0.926. The summed E-state index contributed by atoms with van der Waals surface area (Å²) in [6, 6.07) is 0. The summed E-state index contributed by atoms with van der Waals surface area (Å²) in [7, 11) is 0. The van der Waals surface area contributed by atoms with Gasteiger partial charge >= 0.3 is 0 Å². The zero-order valence-corrected chi connectivity index (χ0v) is 13.2. The third-order valence-corrected chi connectivity index (χ3v) is 4.02. The Kier molecular flexibility index (Phi) is 5.03. The molecule has 0 saturated heterocycles. The van der Waals surface area contributed by atoms with Crippen molar-refractivity contribution in [2.45, 2.75) is 53.6 Å². The molecule has 2 atom stereocenters. The molecule has 0 aliphatic heterocycles. The largest absolute Gasteiger partial charge is 0.388 e. The second-order valence-corrected chi connectivity index (χ2v) is 7.52. The Bertz CT molecular complexity index is 320. The monoisotopic (exact) mass is 300 g/mol. The van der Waals surface area contributed by atoms with E-state index in [2.05, 4.69) is 62.7 Å². The van der Waals surface area contributed by atoms with Crippen LogP contribution in [0.3, 0.4) is 0 Å². The molecule has 0 heterocycles. The van der Waals surface area contributed by atoms with E-state index in [0.717, 1.165) is 10.9 Å². The third-order valence-electron chi connectivity index (χ3n) is 3.26. The Balaban J connectivity index is 2.87. The molecule has 2 heteroatoms. The lowest BCUT2D eigenvalue weighted by molar-refractivity contribution is 0.219. The van der Waals surface area contributed by atoms with Gasteiger partial charge in [0, 0.05) is 4.48 Å². The molecule has 0 fully saturated rings. The van der Waals surface area contributed by atoms with Crippen LogP contribution < -0.4 is 0 Å². The van der Waals surface area contributed by atoms with Gasteiger partial charge in [-0.1, -0.05) is 56.6 Å². The lowest BCUT2D eigenvalue weighted by Crippen LogP contribution is -2.21.